The summed E-state index contributed by atoms with van der Waals surface area (Å²) in [6.45, 7) is 13.5. The molecule has 4 aromatic carbocycles. The molecule has 0 saturated heterocycles. The van der Waals surface area contributed by atoms with Gasteiger partial charge in [0, 0.05) is 66.2 Å². The zero-order valence-corrected chi connectivity index (χ0v) is 34.5. The molecule has 1 amide bonds. The van der Waals surface area contributed by atoms with Crippen LogP contribution >= 0.6 is 0 Å². The van der Waals surface area contributed by atoms with Crippen LogP contribution in [0, 0.1) is 0 Å². The minimum absolute atomic E-state index is 0.146. The van der Waals surface area contributed by atoms with Gasteiger partial charge in [-0.2, -0.15) is 4.58 Å². The van der Waals surface area contributed by atoms with Crippen LogP contribution in [0.15, 0.2) is 121 Å². The molecule has 2 heterocycles. The number of allylic oxidation sites excluding steroid dienone is 8. The molecule has 4 aromatic rings. The lowest BCUT2D eigenvalue weighted by Gasteiger charge is -2.27. The second-order valence-electron chi connectivity index (χ2n) is 16.1. The van der Waals surface area contributed by atoms with Gasteiger partial charge in [-0.1, -0.05) is 106 Å². The molecule has 0 bridgehead atoms. The molecule has 0 aliphatic carbocycles. The van der Waals surface area contributed by atoms with Crippen LogP contribution in [0.4, 0.5) is 11.4 Å². The molecule has 56 heavy (non-hydrogen) atoms. The van der Waals surface area contributed by atoms with Crippen LogP contribution in [-0.2, 0) is 25.7 Å². The monoisotopic (exact) mass is 771 g/mol. The molecule has 2 aliphatic heterocycles. The number of nitrogens with zero attached hydrogens (tertiary/aromatic N) is 2. The summed E-state index contributed by atoms with van der Waals surface area (Å²) in [7, 11) is -4.24. The van der Waals surface area contributed by atoms with Crippen LogP contribution < -0.4 is 10.2 Å². The first-order chi connectivity index (χ1) is 26.8. The van der Waals surface area contributed by atoms with E-state index in [2.05, 4.69) is 165 Å². The van der Waals surface area contributed by atoms with Gasteiger partial charge >= 0.3 is 0 Å². The van der Waals surface area contributed by atoms with Crippen LogP contribution in [0.3, 0.4) is 0 Å². The fourth-order valence-corrected chi connectivity index (χ4v) is 9.23. The topological polar surface area (TPSA) is 92.6 Å². The summed E-state index contributed by atoms with van der Waals surface area (Å²) in [5.41, 5.74) is 6.92. The van der Waals surface area contributed by atoms with E-state index in [0.29, 0.717) is 25.8 Å². The number of amides is 1. The molecule has 1 N–H and O–H groups in total. The van der Waals surface area contributed by atoms with Gasteiger partial charge in [0.25, 0.3) is 0 Å². The fraction of sp³-hybridized carbons (Fsp3) is 0.375. The lowest BCUT2D eigenvalue weighted by atomic mass is 9.79. The number of rotatable bonds is 17. The van der Waals surface area contributed by atoms with Gasteiger partial charge in [-0.25, -0.2) is 8.42 Å². The largest absolute Gasteiger partial charge is 0.748 e. The van der Waals surface area contributed by atoms with E-state index < -0.39 is 10.1 Å². The van der Waals surface area contributed by atoms with E-state index in [0.717, 1.165) is 50.2 Å². The summed E-state index contributed by atoms with van der Waals surface area (Å²) < 4.78 is 36.4. The second kappa shape index (κ2) is 17.6. The zero-order chi connectivity index (χ0) is 39.9. The number of anilines is 1. The SMILES string of the molecule is CCCNC(=O)CCCCC[N+]1=C(C=CC=CC=CC=C2N(CCCCS(=O)(=O)[O-])c3ccc4ccccc4c3C2(C)C)C(C)(C)c2c1ccc1ccccc21. The van der Waals surface area contributed by atoms with Gasteiger partial charge in [-0.3, -0.25) is 4.79 Å². The van der Waals surface area contributed by atoms with E-state index in [1.54, 1.807) is 0 Å². The predicted molar refractivity (Wildman–Crippen MR) is 232 cm³/mol. The molecule has 2 aliphatic rings. The third kappa shape index (κ3) is 8.92. The maximum atomic E-state index is 12.2. The Morgan fingerprint density at radius 3 is 2.14 bits per heavy atom. The Hall–Kier alpha value is -4.79. The third-order valence-corrected chi connectivity index (χ3v) is 12.1. The molecular formula is C48H57N3O4S. The minimum Gasteiger partial charge on any atom is -0.748 e. The van der Waals surface area contributed by atoms with Gasteiger partial charge in [-0.15, -0.1) is 0 Å². The van der Waals surface area contributed by atoms with E-state index >= 15 is 0 Å². The molecule has 8 heteroatoms. The quantitative estimate of drug-likeness (QED) is 0.0500. The van der Waals surface area contributed by atoms with Crippen LogP contribution in [0.25, 0.3) is 21.5 Å². The molecule has 0 fully saturated rings. The van der Waals surface area contributed by atoms with Crippen molar-refractivity contribution in [3.05, 3.63) is 132 Å². The Morgan fingerprint density at radius 2 is 1.43 bits per heavy atom. The van der Waals surface area contributed by atoms with Crippen LogP contribution in [0.5, 0.6) is 0 Å². The number of fused-ring (bicyclic) bond motifs is 6. The highest BCUT2D eigenvalue weighted by Gasteiger charge is 2.45. The van der Waals surface area contributed by atoms with Gasteiger partial charge in [0.05, 0.1) is 15.5 Å². The molecule has 7 nitrogen and oxygen atoms in total. The van der Waals surface area contributed by atoms with Crippen molar-refractivity contribution in [1.82, 2.24) is 5.32 Å². The van der Waals surface area contributed by atoms with Crippen LogP contribution in [0.1, 0.15) is 90.7 Å². The third-order valence-electron chi connectivity index (χ3n) is 11.3. The highest BCUT2D eigenvalue weighted by Crippen LogP contribution is 2.51. The number of unbranched alkanes of at least 4 members (excludes halogenated alkanes) is 3. The number of hydrogen-bond donors (Lipinski definition) is 1. The lowest BCUT2D eigenvalue weighted by molar-refractivity contribution is -0.438. The summed E-state index contributed by atoms with van der Waals surface area (Å²) in [5, 5.41) is 7.93. The summed E-state index contributed by atoms with van der Waals surface area (Å²) >= 11 is 0. The molecule has 294 valence electrons. The van der Waals surface area contributed by atoms with Gasteiger partial charge in [0.15, 0.2) is 5.71 Å². The molecule has 0 spiro atoms. The van der Waals surface area contributed by atoms with Crippen molar-refractivity contribution in [1.29, 1.82) is 0 Å². The first-order valence-corrected chi connectivity index (χ1v) is 21.8. The van der Waals surface area contributed by atoms with Gasteiger partial charge < -0.3 is 14.8 Å². The van der Waals surface area contributed by atoms with E-state index in [1.807, 2.05) is 0 Å². The van der Waals surface area contributed by atoms with E-state index in [-0.39, 0.29) is 22.5 Å². The summed E-state index contributed by atoms with van der Waals surface area (Å²) in [6, 6.07) is 25.9. The van der Waals surface area contributed by atoms with Crippen LogP contribution in [-0.4, -0.2) is 54.6 Å². The van der Waals surface area contributed by atoms with Gasteiger partial charge in [0.2, 0.25) is 11.6 Å². The Bertz CT molecular complexity index is 2350. The zero-order valence-electron chi connectivity index (χ0n) is 33.7. The van der Waals surface area contributed by atoms with Crippen molar-refractivity contribution in [3.8, 4) is 0 Å². The first-order valence-electron chi connectivity index (χ1n) is 20.2. The molecule has 0 aromatic heterocycles. The standard InChI is InChI=1S/C48H57N3O4S/c1-6-32-49-44(52)27-13-10-18-33-50-40-30-28-36-21-14-16-23-38(36)45(40)47(2,3)42(50)25-11-8-7-9-12-26-43-48(4,5)46-39-24-17-15-22-37(39)29-31-41(46)51(43)34-19-20-35-56(53,54)55/h7-9,11-12,14-17,21-26,28-31H,6,10,13,18-20,27,32-35H2,1-5H3,(H-,49,52,53,54,55). The molecule has 0 radical (unpaired) electrons. The average molecular weight is 772 g/mol. The summed E-state index contributed by atoms with van der Waals surface area (Å²) in [6.07, 6.45) is 20.1. The number of hydrogen-bond acceptors (Lipinski definition) is 5. The molecular weight excluding hydrogens is 715 g/mol. The highest BCUT2D eigenvalue weighted by atomic mass is 32.2. The summed E-state index contributed by atoms with van der Waals surface area (Å²) in [5.74, 6) is -0.199. The number of carbonyl (C=O) groups is 1. The smallest absolute Gasteiger partial charge is 0.219 e. The van der Waals surface area contributed by atoms with E-state index in [4.69, 9.17) is 0 Å². The molecule has 6 rings (SSSR count). The number of benzene rings is 4. The molecule has 0 unspecified atom stereocenters. The second-order valence-corrected chi connectivity index (χ2v) is 17.6. The van der Waals surface area contributed by atoms with E-state index in [1.165, 1.54) is 44.1 Å². The minimum atomic E-state index is -4.24. The van der Waals surface area contributed by atoms with Crippen molar-refractivity contribution in [2.75, 3.05) is 30.3 Å². The summed E-state index contributed by atoms with van der Waals surface area (Å²) in [4.78, 5) is 14.5. The molecule has 0 saturated carbocycles. The maximum absolute atomic E-state index is 12.2. The van der Waals surface area contributed by atoms with Crippen molar-refractivity contribution in [2.45, 2.75) is 90.4 Å². The fourth-order valence-electron chi connectivity index (χ4n) is 8.67. The van der Waals surface area contributed by atoms with Crippen molar-refractivity contribution < 1.29 is 22.3 Å². The van der Waals surface area contributed by atoms with Crippen molar-refractivity contribution >= 4 is 54.7 Å². The van der Waals surface area contributed by atoms with E-state index in [9.17, 15) is 17.8 Å². The average Bonchev–Trinajstić information content (AvgIpc) is 3.52. The first kappa shape index (κ1) is 40.9. The van der Waals surface area contributed by atoms with Crippen molar-refractivity contribution in [3.63, 3.8) is 0 Å². The van der Waals surface area contributed by atoms with Crippen LogP contribution in [0.2, 0.25) is 0 Å². The number of carbonyl (C=O) groups excluding carboxylic acids is 1. The molecule has 0 atom stereocenters. The Kier molecular flexibility index (Phi) is 12.8. The lowest BCUT2D eigenvalue weighted by Crippen LogP contribution is -2.28. The normalized spacial score (nSPS) is 17.0. The maximum Gasteiger partial charge on any atom is 0.219 e. The number of nitrogens with one attached hydrogen (secondary N) is 1. The predicted octanol–water partition coefficient (Wildman–Crippen LogP) is 10.1. The highest BCUT2D eigenvalue weighted by molar-refractivity contribution is 7.85. The Balaban J connectivity index is 1.21. The van der Waals surface area contributed by atoms with Gasteiger partial charge in [-0.05, 0) is 91.3 Å². The Morgan fingerprint density at radius 1 is 0.768 bits per heavy atom. The Labute approximate surface area is 334 Å². The van der Waals surface area contributed by atoms with Gasteiger partial charge in [0.1, 0.15) is 6.54 Å². The van der Waals surface area contributed by atoms with Crippen molar-refractivity contribution in [2.24, 2.45) is 0 Å².